The molecule has 7 nitrogen and oxygen atoms in total. The van der Waals surface area contributed by atoms with Crippen LogP contribution < -0.4 is 10.1 Å². The molecule has 0 bridgehead atoms. The predicted octanol–water partition coefficient (Wildman–Crippen LogP) is 7.26. The van der Waals surface area contributed by atoms with Gasteiger partial charge in [-0.3, -0.25) is 10.1 Å². The van der Waals surface area contributed by atoms with Crippen LogP contribution in [0.25, 0.3) is 33.1 Å². The molecule has 0 amide bonds. The Morgan fingerprint density at radius 2 is 1.38 bits per heavy atom. The topological polar surface area (TPSA) is 90.2 Å². The number of benzene rings is 3. The van der Waals surface area contributed by atoms with Crippen molar-refractivity contribution in [3.63, 3.8) is 0 Å². The molecule has 34 heavy (non-hydrogen) atoms. The highest BCUT2D eigenvalue weighted by Crippen LogP contribution is 2.32. The zero-order valence-electron chi connectivity index (χ0n) is 18.0. The number of methoxy groups -OCH3 is 1. The van der Waals surface area contributed by atoms with Crippen LogP contribution in [-0.2, 0) is 0 Å². The first-order valence-corrected chi connectivity index (χ1v) is 12.0. The summed E-state index contributed by atoms with van der Waals surface area (Å²) < 4.78 is 5.22. The van der Waals surface area contributed by atoms with Crippen LogP contribution in [0, 0.1) is 10.1 Å². The van der Waals surface area contributed by atoms with Crippen molar-refractivity contribution in [3.8, 4) is 38.8 Å². The van der Waals surface area contributed by atoms with E-state index < -0.39 is 4.92 Å². The molecular formula is C25H18N4O3S2. The highest BCUT2D eigenvalue weighted by molar-refractivity contribution is 7.14. The quantitative estimate of drug-likeness (QED) is 0.192. The monoisotopic (exact) mass is 486 g/mol. The Morgan fingerprint density at radius 3 is 2.03 bits per heavy atom. The van der Waals surface area contributed by atoms with Gasteiger partial charge in [-0.15, -0.1) is 22.7 Å². The van der Waals surface area contributed by atoms with Gasteiger partial charge in [-0.2, -0.15) is 0 Å². The molecule has 0 atom stereocenters. The van der Waals surface area contributed by atoms with E-state index >= 15 is 0 Å². The third-order valence-electron chi connectivity index (χ3n) is 5.15. The standard InChI is InChI=1S/C25H18N4O3S2/c1-32-21-12-6-18(7-13-21)24-27-22(14-33-24)16-2-8-19(9-3-16)26-25-28-23(15-34-25)17-4-10-20(11-5-17)29(30)31/h2-15H,1H3,(H,26,28). The molecule has 0 aliphatic heterocycles. The Balaban J connectivity index is 1.27. The highest BCUT2D eigenvalue weighted by Gasteiger charge is 2.10. The van der Waals surface area contributed by atoms with Crippen molar-refractivity contribution in [2.75, 3.05) is 12.4 Å². The van der Waals surface area contributed by atoms with E-state index in [-0.39, 0.29) is 5.69 Å². The van der Waals surface area contributed by atoms with E-state index in [9.17, 15) is 10.1 Å². The number of anilines is 2. The van der Waals surface area contributed by atoms with Gasteiger partial charge in [0.15, 0.2) is 5.13 Å². The van der Waals surface area contributed by atoms with Crippen LogP contribution in [0.4, 0.5) is 16.5 Å². The number of hydrogen-bond donors (Lipinski definition) is 1. The maximum atomic E-state index is 10.8. The Morgan fingerprint density at radius 1 is 0.794 bits per heavy atom. The summed E-state index contributed by atoms with van der Waals surface area (Å²) in [4.78, 5) is 19.8. The van der Waals surface area contributed by atoms with Gasteiger partial charge >= 0.3 is 0 Å². The summed E-state index contributed by atoms with van der Waals surface area (Å²) in [5.74, 6) is 0.823. The molecule has 5 aromatic rings. The number of nitro benzene ring substituents is 1. The average Bonchev–Trinajstić information content (AvgIpc) is 3.55. The molecule has 2 aromatic heterocycles. The molecule has 5 rings (SSSR count). The summed E-state index contributed by atoms with van der Waals surface area (Å²) in [6, 6.07) is 22.3. The molecular weight excluding hydrogens is 468 g/mol. The van der Waals surface area contributed by atoms with E-state index in [0.717, 1.165) is 49.7 Å². The summed E-state index contributed by atoms with van der Waals surface area (Å²) in [7, 11) is 1.65. The van der Waals surface area contributed by atoms with Crippen LogP contribution in [-0.4, -0.2) is 22.0 Å². The molecule has 2 heterocycles. The minimum atomic E-state index is -0.410. The number of non-ortho nitro benzene ring substituents is 1. The second kappa shape index (κ2) is 9.42. The summed E-state index contributed by atoms with van der Waals surface area (Å²) in [6.45, 7) is 0. The molecule has 0 saturated heterocycles. The fourth-order valence-corrected chi connectivity index (χ4v) is 4.91. The maximum Gasteiger partial charge on any atom is 0.269 e. The molecule has 0 radical (unpaired) electrons. The smallest absolute Gasteiger partial charge is 0.269 e. The SMILES string of the molecule is COc1ccc(-c2nc(-c3ccc(Nc4nc(-c5ccc([N+](=O)[O-])cc5)cs4)cc3)cs2)cc1. The molecule has 9 heteroatoms. The first kappa shape index (κ1) is 21.7. The number of rotatable bonds is 7. The number of nitro groups is 1. The first-order valence-electron chi connectivity index (χ1n) is 10.3. The van der Waals surface area contributed by atoms with E-state index in [2.05, 4.69) is 15.7 Å². The Labute approximate surface area is 203 Å². The van der Waals surface area contributed by atoms with Gasteiger partial charge in [0, 0.05) is 45.3 Å². The number of nitrogens with zero attached hydrogens (tertiary/aromatic N) is 3. The van der Waals surface area contributed by atoms with E-state index in [1.807, 2.05) is 53.9 Å². The minimum absolute atomic E-state index is 0.0636. The van der Waals surface area contributed by atoms with Crippen LogP contribution in [0.5, 0.6) is 5.75 Å². The molecule has 0 unspecified atom stereocenters. The van der Waals surface area contributed by atoms with Gasteiger partial charge in [-0.25, -0.2) is 9.97 Å². The predicted molar refractivity (Wildman–Crippen MR) is 137 cm³/mol. The number of ether oxygens (including phenoxy) is 1. The number of aromatic nitrogens is 2. The molecule has 3 aromatic carbocycles. The number of nitrogens with one attached hydrogen (secondary N) is 1. The van der Waals surface area contributed by atoms with Crippen molar-refractivity contribution in [1.82, 2.24) is 9.97 Å². The largest absolute Gasteiger partial charge is 0.497 e. The van der Waals surface area contributed by atoms with Crippen molar-refractivity contribution in [2.24, 2.45) is 0 Å². The van der Waals surface area contributed by atoms with Crippen LogP contribution in [0.2, 0.25) is 0 Å². The fourth-order valence-electron chi connectivity index (χ4n) is 3.34. The van der Waals surface area contributed by atoms with Gasteiger partial charge in [-0.1, -0.05) is 12.1 Å². The Bertz CT molecular complexity index is 1430. The Hall–Kier alpha value is -4.08. The summed E-state index contributed by atoms with van der Waals surface area (Å²) >= 11 is 3.09. The van der Waals surface area contributed by atoms with Crippen LogP contribution in [0.1, 0.15) is 0 Å². The van der Waals surface area contributed by atoms with E-state index in [1.54, 1.807) is 30.6 Å². The number of hydrogen-bond acceptors (Lipinski definition) is 8. The van der Waals surface area contributed by atoms with Gasteiger partial charge in [0.1, 0.15) is 10.8 Å². The third-order valence-corrected chi connectivity index (χ3v) is 6.80. The van der Waals surface area contributed by atoms with Crippen LogP contribution in [0.3, 0.4) is 0 Å². The lowest BCUT2D eigenvalue weighted by molar-refractivity contribution is -0.384. The fraction of sp³-hybridized carbons (Fsp3) is 0.0400. The second-order valence-electron chi connectivity index (χ2n) is 7.31. The van der Waals surface area contributed by atoms with Crippen LogP contribution in [0.15, 0.2) is 83.6 Å². The molecule has 1 N–H and O–H groups in total. The average molecular weight is 487 g/mol. The van der Waals surface area contributed by atoms with E-state index in [4.69, 9.17) is 9.72 Å². The van der Waals surface area contributed by atoms with Gasteiger partial charge in [0.2, 0.25) is 0 Å². The van der Waals surface area contributed by atoms with E-state index in [0.29, 0.717) is 0 Å². The second-order valence-corrected chi connectivity index (χ2v) is 9.03. The lowest BCUT2D eigenvalue weighted by atomic mass is 10.1. The van der Waals surface area contributed by atoms with Crippen molar-refractivity contribution in [3.05, 3.63) is 93.7 Å². The van der Waals surface area contributed by atoms with E-state index in [1.165, 1.54) is 23.5 Å². The molecule has 0 fully saturated rings. The third kappa shape index (κ3) is 4.66. The van der Waals surface area contributed by atoms with Crippen molar-refractivity contribution < 1.29 is 9.66 Å². The molecule has 0 spiro atoms. The van der Waals surface area contributed by atoms with Gasteiger partial charge in [-0.05, 0) is 48.5 Å². The minimum Gasteiger partial charge on any atom is -0.497 e. The van der Waals surface area contributed by atoms with Gasteiger partial charge in [0.25, 0.3) is 5.69 Å². The zero-order chi connectivity index (χ0) is 23.5. The van der Waals surface area contributed by atoms with Crippen LogP contribution >= 0.6 is 22.7 Å². The first-order chi connectivity index (χ1) is 16.6. The van der Waals surface area contributed by atoms with Crippen molar-refractivity contribution in [1.29, 1.82) is 0 Å². The molecule has 168 valence electrons. The van der Waals surface area contributed by atoms with Crippen molar-refractivity contribution in [2.45, 2.75) is 0 Å². The highest BCUT2D eigenvalue weighted by atomic mass is 32.1. The maximum absolute atomic E-state index is 10.8. The lowest BCUT2D eigenvalue weighted by Gasteiger charge is -2.04. The summed E-state index contributed by atoms with van der Waals surface area (Å²) in [5, 5.41) is 19.8. The zero-order valence-corrected chi connectivity index (χ0v) is 19.6. The number of thiazole rings is 2. The van der Waals surface area contributed by atoms with Gasteiger partial charge < -0.3 is 10.1 Å². The molecule has 0 aliphatic carbocycles. The Kier molecular flexibility index (Phi) is 6.03. The summed E-state index contributed by atoms with van der Waals surface area (Å²) in [6.07, 6.45) is 0. The normalized spacial score (nSPS) is 10.7. The lowest BCUT2D eigenvalue weighted by Crippen LogP contribution is -1.90. The molecule has 0 saturated carbocycles. The summed E-state index contributed by atoms with van der Waals surface area (Å²) in [5.41, 5.74) is 5.61. The van der Waals surface area contributed by atoms with Gasteiger partial charge in [0.05, 0.1) is 23.4 Å². The molecule has 0 aliphatic rings. The van der Waals surface area contributed by atoms with Crippen molar-refractivity contribution >= 4 is 39.2 Å².